The molecule has 1 atom stereocenters. The molecule has 2 N–H and O–H groups in total. The summed E-state index contributed by atoms with van der Waals surface area (Å²) in [6, 6.07) is 4.21. The van der Waals surface area contributed by atoms with Crippen molar-refractivity contribution in [2.24, 2.45) is 0 Å². The predicted molar refractivity (Wildman–Crippen MR) is 52.3 cm³/mol. The predicted octanol–water partition coefficient (Wildman–Crippen LogP) is 1.60. The highest BCUT2D eigenvalue weighted by atomic mass is 16.5. The van der Waals surface area contributed by atoms with Crippen molar-refractivity contribution in [3.63, 3.8) is 0 Å². The first kappa shape index (κ1) is 11.2. The van der Waals surface area contributed by atoms with Gasteiger partial charge in [0.1, 0.15) is 0 Å². The Balaban J connectivity index is 2.90. The maximum atomic E-state index is 10.3. The Labute approximate surface area is 87.3 Å². The van der Waals surface area contributed by atoms with Gasteiger partial charge in [0.2, 0.25) is 0 Å². The monoisotopic (exact) mass is 210 g/mol. The summed E-state index contributed by atoms with van der Waals surface area (Å²) in [5, 5.41) is 21.8. The maximum Gasteiger partial charge on any atom is 0.451 e. The van der Waals surface area contributed by atoms with E-state index in [4.69, 9.17) is 4.74 Å². The first-order valence-corrected chi connectivity index (χ1v) is 4.39. The lowest BCUT2D eigenvalue weighted by molar-refractivity contribution is 0.165. The van der Waals surface area contributed by atoms with Crippen molar-refractivity contribution in [2.75, 3.05) is 7.11 Å². The molecule has 0 saturated carbocycles. The third kappa shape index (κ3) is 2.77. The highest BCUT2D eigenvalue weighted by Gasteiger charge is 2.11. The van der Waals surface area contributed by atoms with E-state index < -0.39 is 12.1 Å². The lowest BCUT2D eigenvalue weighted by Gasteiger charge is -2.12. The van der Waals surface area contributed by atoms with Crippen LogP contribution in [0.1, 0.15) is 18.5 Å². The van der Waals surface area contributed by atoms with Crippen LogP contribution in [0, 0.1) is 0 Å². The summed E-state index contributed by atoms with van der Waals surface area (Å²) in [5.41, 5.74) is 0.689. The van der Waals surface area contributed by atoms with Crippen molar-refractivity contribution in [3.05, 3.63) is 23.8 Å². The number of rotatable bonds is 3. The maximum absolute atomic E-state index is 10.3. The van der Waals surface area contributed by atoms with Gasteiger partial charge < -0.3 is 15.2 Å². The number of carbonyl (C=O) groups excluding carboxylic acids is 1. The van der Waals surface area contributed by atoms with Crippen molar-refractivity contribution in [2.45, 2.75) is 13.0 Å². The molecule has 5 heteroatoms. The summed E-state index contributed by atoms with van der Waals surface area (Å²) in [7, 11) is 1.43. The van der Waals surface area contributed by atoms with Crippen LogP contribution in [0.3, 0.4) is 0 Å². The number of hydrogen-bond donors (Lipinski definition) is 2. The number of aromatic hydroxyl groups is 1. The lowest BCUT2D eigenvalue weighted by Crippen LogP contribution is -2.23. The molecule has 1 aromatic carbocycles. The molecule has 0 aliphatic carbocycles. The molecule has 81 valence electrons. The molecule has 15 heavy (non-hydrogen) atoms. The molecule has 1 radical (unpaired) electrons. The van der Waals surface area contributed by atoms with Gasteiger partial charge >= 0.3 is 6.09 Å². The van der Waals surface area contributed by atoms with E-state index in [2.05, 4.69) is 5.32 Å². The van der Waals surface area contributed by atoms with Crippen molar-refractivity contribution >= 4 is 6.09 Å². The van der Waals surface area contributed by atoms with Gasteiger partial charge in [-0.05, 0) is 24.6 Å². The highest BCUT2D eigenvalue weighted by Crippen LogP contribution is 2.28. The minimum atomic E-state index is -1.34. The van der Waals surface area contributed by atoms with Gasteiger partial charge in [-0.15, -0.1) is 0 Å². The number of benzene rings is 1. The van der Waals surface area contributed by atoms with Crippen LogP contribution in [0.15, 0.2) is 18.2 Å². The second-order valence-electron chi connectivity index (χ2n) is 3.08. The van der Waals surface area contributed by atoms with Crippen molar-refractivity contribution in [1.82, 2.24) is 5.32 Å². The van der Waals surface area contributed by atoms with Crippen LogP contribution in [0.2, 0.25) is 0 Å². The Morgan fingerprint density at radius 2 is 2.20 bits per heavy atom. The second kappa shape index (κ2) is 4.54. The minimum absolute atomic E-state index is 0.0156. The molecule has 0 saturated heterocycles. The quantitative estimate of drug-likeness (QED) is 0.795. The standard InChI is InChI=1S/C10H12NO4/c1-6(11-10(13)14)7-3-4-8(12)9(5-7)15-2/h3-6,11-12H,1-2H3. The Morgan fingerprint density at radius 3 is 2.73 bits per heavy atom. The molecule has 1 amide bonds. The lowest BCUT2D eigenvalue weighted by atomic mass is 10.1. The first-order chi connectivity index (χ1) is 7.04. The molecule has 0 spiro atoms. The molecule has 1 aromatic rings. The summed E-state index contributed by atoms with van der Waals surface area (Å²) in [4.78, 5) is 10.3. The molecule has 0 aromatic heterocycles. The first-order valence-electron chi connectivity index (χ1n) is 4.39. The number of hydrogen-bond acceptors (Lipinski definition) is 3. The number of amides is 1. The zero-order valence-corrected chi connectivity index (χ0v) is 8.48. The Kier molecular flexibility index (Phi) is 3.38. The Morgan fingerprint density at radius 1 is 1.53 bits per heavy atom. The number of phenolic OH excluding ortho intramolecular Hbond substituents is 1. The van der Waals surface area contributed by atoms with Gasteiger partial charge in [0.25, 0.3) is 0 Å². The number of methoxy groups -OCH3 is 1. The van der Waals surface area contributed by atoms with Crippen LogP contribution in [0.5, 0.6) is 11.5 Å². The molecule has 0 heterocycles. The molecule has 0 aliphatic heterocycles. The summed E-state index contributed by atoms with van der Waals surface area (Å²) in [5.74, 6) is 0.321. The van der Waals surface area contributed by atoms with Crippen LogP contribution in [-0.4, -0.2) is 18.3 Å². The van der Waals surface area contributed by atoms with E-state index in [1.807, 2.05) is 0 Å². The van der Waals surface area contributed by atoms with Gasteiger partial charge in [0.15, 0.2) is 11.5 Å². The van der Waals surface area contributed by atoms with Gasteiger partial charge in [-0.3, -0.25) is 0 Å². The van der Waals surface area contributed by atoms with E-state index in [0.29, 0.717) is 11.3 Å². The van der Waals surface area contributed by atoms with Crippen LogP contribution in [-0.2, 0) is 5.11 Å². The fourth-order valence-electron chi connectivity index (χ4n) is 1.22. The number of nitrogens with one attached hydrogen (secondary N) is 1. The van der Waals surface area contributed by atoms with Gasteiger partial charge in [0.05, 0.1) is 13.2 Å². The zero-order valence-electron chi connectivity index (χ0n) is 8.48. The molecule has 1 unspecified atom stereocenters. The average molecular weight is 210 g/mol. The SMILES string of the molecule is COc1cc(C(C)NC([O])=O)ccc1O. The molecule has 0 bridgehead atoms. The van der Waals surface area contributed by atoms with Crippen LogP contribution in [0.25, 0.3) is 0 Å². The van der Waals surface area contributed by atoms with Crippen molar-refractivity contribution in [1.29, 1.82) is 0 Å². The number of ether oxygens (including phenoxy) is 1. The third-order valence-electron chi connectivity index (χ3n) is 2.04. The van der Waals surface area contributed by atoms with Crippen LogP contribution in [0.4, 0.5) is 4.79 Å². The van der Waals surface area contributed by atoms with E-state index in [1.165, 1.54) is 13.2 Å². The topological polar surface area (TPSA) is 78.5 Å². The van der Waals surface area contributed by atoms with E-state index >= 15 is 0 Å². The highest BCUT2D eigenvalue weighted by molar-refractivity contribution is 5.64. The smallest absolute Gasteiger partial charge is 0.451 e. The van der Waals surface area contributed by atoms with Crippen LogP contribution < -0.4 is 10.1 Å². The fraction of sp³-hybridized carbons (Fsp3) is 0.300. The molecule has 5 nitrogen and oxygen atoms in total. The summed E-state index contributed by atoms with van der Waals surface area (Å²) in [6.07, 6.45) is -1.34. The molecule has 1 rings (SSSR count). The van der Waals surface area contributed by atoms with Gasteiger partial charge in [-0.2, -0.15) is 0 Å². The zero-order chi connectivity index (χ0) is 11.4. The van der Waals surface area contributed by atoms with E-state index in [1.54, 1.807) is 19.1 Å². The van der Waals surface area contributed by atoms with Gasteiger partial charge in [-0.25, -0.2) is 9.90 Å². The minimum Gasteiger partial charge on any atom is -0.504 e. The normalized spacial score (nSPS) is 11.9. The summed E-state index contributed by atoms with van der Waals surface area (Å²) in [6.45, 7) is 1.67. The molecular formula is C10H12NO4. The molecule has 0 aliphatic rings. The van der Waals surface area contributed by atoms with E-state index in [0.717, 1.165) is 0 Å². The average Bonchev–Trinajstić information content (AvgIpc) is 2.17. The van der Waals surface area contributed by atoms with E-state index in [-0.39, 0.29) is 5.75 Å². The Hall–Kier alpha value is -1.91. The number of phenols is 1. The number of carbonyl (C=O) groups is 1. The van der Waals surface area contributed by atoms with Crippen molar-refractivity contribution in [3.8, 4) is 11.5 Å². The molecular weight excluding hydrogens is 198 g/mol. The van der Waals surface area contributed by atoms with Crippen molar-refractivity contribution < 1.29 is 19.7 Å². The largest absolute Gasteiger partial charge is 0.504 e. The third-order valence-corrected chi connectivity index (χ3v) is 2.04. The summed E-state index contributed by atoms with van der Waals surface area (Å²) < 4.78 is 4.90. The molecule has 0 fully saturated rings. The van der Waals surface area contributed by atoms with Crippen LogP contribution >= 0.6 is 0 Å². The van der Waals surface area contributed by atoms with Gasteiger partial charge in [-0.1, -0.05) is 6.07 Å². The Bertz CT molecular complexity index is 364. The summed E-state index contributed by atoms with van der Waals surface area (Å²) >= 11 is 0. The van der Waals surface area contributed by atoms with Gasteiger partial charge in [0, 0.05) is 0 Å². The van der Waals surface area contributed by atoms with E-state index in [9.17, 15) is 15.0 Å². The fourth-order valence-corrected chi connectivity index (χ4v) is 1.22. The second-order valence-corrected chi connectivity index (χ2v) is 3.08.